The molecule has 5 heteroatoms. The Hall–Kier alpha value is -4.51. The van der Waals surface area contributed by atoms with Crippen LogP contribution in [0.15, 0.2) is 103 Å². The third-order valence-electron chi connectivity index (χ3n) is 5.58. The van der Waals surface area contributed by atoms with Gasteiger partial charge in [-0.3, -0.25) is 4.57 Å². The van der Waals surface area contributed by atoms with Crippen LogP contribution in [0.5, 0.6) is 0 Å². The lowest BCUT2D eigenvalue weighted by molar-refractivity contribution is 0.953. The number of nitrogens with two attached hydrogens (primary N) is 1. The molecule has 32 heavy (non-hydrogen) atoms. The van der Waals surface area contributed by atoms with Crippen molar-refractivity contribution in [1.82, 2.24) is 19.5 Å². The fourth-order valence-electron chi connectivity index (χ4n) is 4.10. The van der Waals surface area contributed by atoms with E-state index in [2.05, 4.69) is 16.7 Å². The van der Waals surface area contributed by atoms with Crippen molar-refractivity contribution in [2.45, 2.75) is 0 Å². The topological polar surface area (TPSA) is 69.6 Å². The molecule has 2 heterocycles. The Bertz CT molecular complexity index is 1510. The van der Waals surface area contributed by atoms with Crippen LogP contribution in [0.1, 0.15) is 0 Å². The molecule has 0 aliphatic rings. The zero-order valence-corrected chi connectivity index (χ0v) is 17.2. The van der Waals surface area contributed by atoms with Crippen molar-refractivity contribution < 1.29 is 0 Å². The summed E-state index contributed by atoms with van der Waals surface area (Å²) in [6, 6.07) is 34.2. The van der Waals surface area contributed by atoms with Crippen LogP contribution < -0.4 is 5.73 Å². The van der Waals surface area contributed by atoms with E-state index in [-0.39, 0.29) is 0 Å². The standard InChI is InChI=1S/C27H19N5/c28-20-15-16-24-22(17-20)21-13-7-8-14-23(21)32(24)27-30-25(18-9-3-1-4-10-18)29-26(31-27)19-11-5-2-6-12-19/h1-17H,28H2. The Morgan fingerprint density at radius 2 is 1.09 bits per heavy atom. The highest BCUT2D eigenvalue weighted by Gasteiger charge is 2.17. The monoisotopic (exact) mass is 413 g/mol. The Balaban J connectivity index is 1.70. The minimum Gasteiger partial charge on any atom is -0.399 e. The van der Waals surface area contributed by atoms with Gasteiger partial charge in [-0.05, 0) is 24.3 Å². The van der Waals surface area contributed by atoms with Gasteiger partial charge < -0.3 is 5.73 Å². The molecule has 4 aromatic carbocycles. The minimum atomic E-state index is 0.577. The van der Waals surface area contributed by atoms with Crippen molar-refractivity contribution in [3.63, 3.8) is 0 Å². The Labute approximate surface area is 184 Å². The molecule has 0 saturated carbocycles. The number of nitrogens with zero attached hydrogens (tertiary/aromatic N) is 4. The molecule has 6 rings (SSSR count). The van der Waals surface area contributed by atoms with Crippen LogP contribution in [-0.2, 0) is 0 Å². The minimum absolute atomic E-state index is 0.577. The zero-order valence-electron chi connectivity index (χ0n) is 17.2. The van der Waals surface area contributed by atoms with Crippen molar-refractivity contribution >= 4 is 27.5 Å². The highest BCUT2D eigenvalue weighted by atomic mass is 15.2. The smallest absolute Gasteiger partial charge is 0.238 e. The highest BCUT2D eigenvalue weighted by Crippen LogP contribution is 2.33. The molecule has 0 saturated heterocycles. The first-order chi connectivity index (χ1) is 15.8. The third-order valence-corrected chi connectivity index (χ3v) is 5.58. The van der Waals surface area contributed by atoms with E-state index in [0.717, 1.165) is 38.6 Å². The number of nitrogen functional groups attached to an aromatic ring is 1. The van der Waals surface area contributed by atoms with Gasteiger partial charge in [0.25, 0.3) is 0 Å². The maximum absolute atomic E-state index is 6.11. The lowest BCUT2D eigenvalue weighted by Crippen LogP contribution is -2.06. The molecule has 0 radical (unpaired) electrons. The molecule has 5 nitrogen and oxygen atoms in total. The summed E-state index contributed by atoms with van der Waals surface area (Å²) >= 11 is 0. The second-order valence-corrected chi connectivity index (χ2v) is 7.64. The number of aromatic nitrogens is 4. The van der Waals surface area contributed by atoms with Crippen molar-refractivity contribution in [2.24, 2.45) is 0 Å². The van der Waals surface area contributed by atoms with Crippen molar-refractivity contribution in [1.29, 1.82) is 0 Å². The van der Waals surface area contributed by atoms with Gasteiger partial charge >= 0.3 is 0 Å². The van der Waals surface area contributed by atoms with Gasteiger partial charge in [-0.15, -0.1) is 0 Å². The van der Waals surface area contributed by atoms with Crippen LogP contribution in [0.4, 0.5) is 5.69 Å². The van der Waals surface area contributed by atoms with E-state index < -0.39 is 0 Å². The zero-order chi connectivity index (χ0) is 21.5. The molecular weight excluding hydrogens is 394 g/mol. The largest absolute Gasteiger partial charge is 0.399 e. The van der Waals surface area contributed by atoms with Gasteiger partial charge in [-0.2, -0.15) is 9.97 Å². The van der Waals surface area contributed by atoms with E-state index in [1.54, 1.807) is 0 Å². The molecule has 2 aromatic heterocycles. The first kappa shape index (κ1) is 18.3. The van der Waals surface area contributed by atoms with Crippen LogP contribution >= 0.6 is 0 Å². The lowest BCUT2D eigenvalue weighted by atomic mass is 10.1. The van der Waals surface area contributed by atoms with E-state index in [1.807, 2.05) is 91.0 Å². The summed E-state index contributed by atoms with van der Waals surface area (Å²) in [6.07, 6.45) is 0. The van der Waals surface area contributed by atoms with Crippen LogP contribution in [-0.4, -0.2) is 19.5 Å². The SMILES string of the molecule is Nc1ccc2c(c1)c1ccccc1n2-c1nc(-c2ccccc2)nc(-c2ccccc2)n1. The second-order valence-electron chi connectivity index (χ2n) is 7.64. The Kier molecular flexibility index (Phi) is 4.18. The molecular formula is C27H19N5. The molecule has 0 unspecified atom stereocenters. The van der Waals surface area contributed by atoms with Crippen LogP contribution in [0.3, 0.4) is 0 Å². The summed E-state index contributed by atoms with van der Waals surface area (Å²) in [5, 5.41) is 2.18. The highest BCUT2D eigenvalue weighted by molar-refractivity contribution is 6.09. The lowest BCUT2D eigenvalue weighted by Gasteiger charge is -2.10. The summed E-state index contributed by atoms with van der Waals surface area (Å²) in [5.74, 6) is 1.85. The molecule has 0 aliphatic heterocycles. The average Bonchev–Trinajstić information content (AvgIpc) is 3.18. The number of anilines is 1. The Morgan fingerprint density at radius 1 is 0.531 bits per heavy atom. The average molecular weight is 413 g/mol. The first-order valence-electron chi connectivity index (χ1n) is 10.4. The molecule has 0 amide bonds. The van der Waals surface area contributed by atoms with E-state index >= 15 is 0 Å². The molecule has 6 aromatic rings. The number of benzene rings is 4. The quantitative estimate of drug-likeness (QED) is 0.368. The molecule has 152 valence electrons. The van der Waals surface area contributed by atoms with E-state index in [4.69, 9.17) is 20.7 Å². The number of rotatable bonds is 3. The van der Waals surface area contributed by atoms with E-state index in [9.17, 15) is 0 Å². The maximum Gasteiger partial charge on any atom is 0.238 e. The van der Waals surface area contributed by atoms with Gasteiger partial charge in [0.2, 0.25) is 5.95 Å². The number of para-hydroxylation sites is 1. The van der Waals surface area contributed by atoms with E-state index in [1.165, 1.54) is 0 Å². The predicted octanol–water partition coefficient (Wildman–Crippen LogP) is 5.88. The molecule has 0 spiro atoms. The second kappa shape index (κ2) is 7.32. The van der Waals surface area contributed by atoms with Gasteiger partial charge in [0.15, 0.2) is 11.6 Å². The van der Waals surface area contributed by atoms with Crippen molar-refractivity contribution in [3.05, 3.63) is 103 Å². The normalized spacial score (nSPS) is 11.2. The van der Waals surface area contributed by atoms with Gasteiger partial charge in [-0.1, -0.05) is 78.9 Å². The van der Waals surface area contributed by atoms with Crippen molar-refractivity contribution in [2.75, 3.05) is 5.73 Å². The molecule has 0 aliphatic carbocycles. The third kappa shape index (κ3) is 2.99. The maximum atomic E-state index is 6.11. The van der Waals surface area contributed by atoms with Crippen LogP contribution in [0.25, 0.3) is 50.5 Å². The molecule has 0 bridgehead atoms. The van der Waals surface area contributed by atoms with E-state index in [0.29, 0.717) is 17.6 Å². The fourth-order valence-corrected chi connectivity index (χ4v) is 4.10. The summed E-state index contributed by atoms with van der Waals surface area (Å²) < 4.78 is 2.09. The summed E-state index contributed by atoms with van der Waals surface area (Å²) in [6.45, 7) is 0. The van der Waals surface area contributed by atoms with Crippen molar-refractivity contribution in [3.8, 4) is 28.7 Å². The predicted molar refractivity (Wildman–Crippen MR) is 129 cm³/mol. The van der Waals surface area contributed by atoms with Gasteiger partial charge in [0.05, 0.1) is 11.0 Å². The van der Waals surface area contributed by atoms with Crippen LogP contribution in [0, 0.1) is 0 Å². The fraction of sp³-hybridized carbons (Fsp3) is 0. The summed E-state index contributed by atoms with van der Waals surface area (Å²) in [7, 11) is 0. The first-order valence-corrected chi connectivity index (χ1v) is 10.4. The number of hydrogen-bond donors (Lipinski definition) is 1. The van der Waals surface area contributed by atoms with Gasteiger partial charge in [-0.25, -0.2) is 4.98 Å². The Morgan fingerprint density at radius 3 is 1.75 bits per heavy atom. The summed E-state index contributed by atoms with van der Waals surface area (Å²) in [5.41, 5.74) is 10.8. The van der Waals surface area contributed by atoms with Crippen LogP contribution in [0.2, 0.25) is 0 Å². The molecule has 0 atom stereocenters. The molecule has 2 N–H and O–H groups in total. The van der Waals surface area contributed by atoms with Gasteiger partial charge in [0, 0.05) is 27.6 Å². The number of hydrogen-bond acceptors (Lipinski definition) is 4. The molecule has 0 fully saturated rings. The number of fused-ring (bicyclic) bond motifs is 3. The van der Waals surface area contributed by atoms with Gasteiger partial charge in [0.1, 0.15) is 0 Å². The summed E-state index contributed by atoms with van der Waals surface area (Å²) in [4.78, 5) is 14.6.